The van der Waals surface area contributed by atoms with Gasteiger partial charge in [-0.25, -0.2) is 4.98 Å². The Labute approximate surface area is 178 Å². The van der Waals surface area contributed by atoms with Gasteiger partial charge in [0.15, 0.2) is 5.96 Å². The fourth-order valence-electron chi connectivity index (χ4n) is 3.26. The summed E-state index contributed by atoms with van der Waals surface area (Å²) in [4.78, 5) is 15.1. The Balaban J connectivity index is 1.38. The van der Waals surface area contributed by atoms with Crippen LogP contribution < -0.4 is 15.5 Å². The van der Waals surface area contributed by atoms with Crippen LogP contribution >= 0.6 is 11.8 Å². The summed E-state index contributed by atoms with van der Waals surface area (Å²) in [5.74, 6) is 2.88. The van der Waals surface area contributed by atoms with E-state index in [4.69, 9.17) is 0 Å². The van der Waals surface area contributed by atoms with Crippen molar-refractivity contribution in [2.75, 3.05) is 57.0 Å². The van der Waals surface area contributed by atoms with Crippen molar-refractivity contribution in [2.24, 2.45) is 4.99 Å². The van der Waals surface area contributed by atoms with Crippen LogP contribution in [0.25, 0.3) is 0 Å². The first-order valence-electron chi connectivity index (χ1n) is 10.3. The topological polar surface area (TPSA) is 55.8 Å². The SMILES string of the molecule is CCN1CCN(c2ccc(CNC(=NC)NCCSc3ccccc3)cn2)CC1. The van der Waals surface area contributed by atoms with Crippen molar-refractivity contribution in [1.29, 1.82) is 0 Å². The highest BCUT2D eigenvalue weighted by Crippen LogP contribution is 2.16. The largest absolute Gasteiger partial charge is 0.356 e. The minimum absolute atomic E-state index is 0.711. The Morgan fingerprint density at radius 2 is 1.86 bits per heavy atom. The minimum Gasteiger partial charge on any atom is -0.356 e. The van der Waals surface area contributed by atoms with Crippen molar-refractivity contribution >= 4 is 23.5 Å². The molecule has 0 spiro atoms. The smallest absolute Gasteiger partial charge is 0.191 e. The molecule has 0 atom stereocenters. The number of guanidine groups is 1. The van der Waals surface area contributed by atoms with E-state index in [9.17, 15) is 0 Å². The van der Waals surface area contributed by atoms with Gasteiger partial charge in [0.25, 0.3) is 0 Å². The molecule has 1 saturated heterocycles. The van der Waals surface area contributed by atoms with Crippen LogP contribution in [0.4, 0.5) is 5.82 Å². The van der Waals surface area contributed by atoms with Crippen molar-refractivity contribution in [3.8, 4) is 0 Å². The van der Waals surface area contributed by atoms with Crippen LogP contribution in [0.2, 0.25) is 0 Å². The van der Waals surface area contributed by atoms with Gasteiger partial charge in [-0.1, -0.05) is 31.2 Å². The lowest BCUT2D eigenvalue weighted by molar-refractivity contribution is 0.270. The van der Waals surface area contributed by atoms with Crippen LogP contribution in [0.3, 0.4) is 0 Å². The van der Waals surface area contributed by atoms with Crippen LogP contribution in [0.1, 0.15) is 12.5 Å². The number of piperazine rings is 1. The molecule has 0 bridgehead atoms. The monoisotopic (exact) mass is 412 g/mol. The molecule has 29 heavy (non-hydrogen) atoms. The lowest BCUT2D eigenvalue weighted by atomic mass is 10.2. The fraction of sp³-hybridized carbons (Fsp3) is 0.455. The standard InChI is InChI=1S/C22H32N6S/c1-3-27-12-14-28(15-13-27)21-10-9-19(17-25-21)18-26-22(23-2)24-11-16-29-20-7-5-4-6-8-20/h4-10,17H,3,11-16,18H2,1-2H3,(H2,23,24,26). The predicted octanol–water partition coefficient (Wildman–Crippen LogP) is 2.68. The second-order valence-electron chi connectivity index (χ2n) is 6.96. The number of rotatable bonds is 8. The zero-order chi connectivity index (χ0) is 20.3. The molecule has 3 rings (SSSR count). The summed E-state index contributed by atoms with van der Waals surface area (Å²) in [5.41, 5.74) is 1.16. The molecule has 2 aromatic rings. The highest BCUT2D eigenvalue weighted by Gasteiger charge is 2.16. The van der Waals surface area contributed by atoms with Crippen molar-refractivity contribution < 1.29 is 0 Å². The second kappa shape index (κ2) is 11.7. The Kier molecular flexibility index (Phi) is 8.64. The van der Waals surface area contributed by atoms with E-state index >= 15 is 0 Å². The molecule has 2 N–H and O–H groups in total. The number of benzene rings is 1. The molecule has 6 nitrogen and oxygen atoms in total. The molecule has 1 fully saturated rings. The maximum Gasteiger partial charge on any atom is 0.191 e. The van der Waals surface area contributed by atoms with Crippen LogP contribution in [-0.4, -0.2) is 67.9 Å². The van der Waals surface area contributed by atoms with Gasteiger partial charge in [-0.05, 0) is 30.3 Å². The maximum atomic E-state index is 4.67. The van der Waals surface area contributed by atoms with E-state index in [1.807, 2.05) is 24.0 Å². The zero-order valence-electron chi connectivity index (χ0n) is 17.5. The summed E-state index contributed by atoms with van der Waals surface area (Å²) in [6, 6.07) is 14.7. The van der Waals surface area contributed by atoms with Gasteiger partial charge in [-0.15, -0.1) is 11.8 Å². The lowest BCUT2D eigenvalue weighted by Gasteiger charge is -2.34. The van der Waals surface area contributed by atoms with Crippen molar-refractivity contribution in [2.45, 2.75) is 18.4 Å². The highest BCUT2D eigenvalue weighted by molar-refractivity contribution is 7.99. The number of hydrogen-bond donors (Lipinski definition) is 2. The Morgan fingerprint density at radius 3 is 2.52 bits per heavy atom. The molecular weight excluding hydrogens is 380 g/mol. The fourth-order valence-corrected chi connectivity index (χ4v) is 4.05. The molecule has 7 heteroatoms. The average Bonchev–Trinajstić information content (AvgIpc) is 2.80. The van der Waals surface area contributed by atoms with Crippen molar-refractivity contribution in [3.05, 3.63) is 54.2 Å². The van der Waals surface area contributed by atoms with E-state index in [-0.39, 0.29) is 0 Å². The van der Waals surface area contributed by atoms with E-state index in [0.29, 0.717) is 6.54 Å². The molecular formula is C22H32N6S. The molecule has 1 aliphatic heterocycles. The molecule has 2 heterocycles. The minimum atomic E-state index is 0.711. The molecule has 0 radical (unpaired) electrons. The molecule has 156 valence electrons. The lowest BCUT2D eigenvalue weighted by Crippen LogP contribution is -2.46. The van der Waals surface area contributed by atoms with Gasteiger partial charge in [0.1, 0.15) is 5.82 Å². The van der Waals surface area contributed by atoms with Crippen molar-refractivity contribution in [3.63, 3.8) is 0 Å². The molecule has 0 aliphatic carbocycles. The summed E-state index contributed by atoms with van der Waals surface area (Å²) in [6.07, 6.45) is 1.97. The van der Waals surface area contributed by atoms with Gasteiger partial charge in [0.05, 0.1) is 0 Å². The normalized spacial score (nSPS) is 15.4. The first kappa shape index (κ1) is 21.5. The number of aliphatic imine (C=N–C) groups is 1. The Hall–Kier alpha value is -2.25. The second-order valence-corrected chi connectivity index (χ2v) is 8.13. The van der Waals surface area contributed by atoms with E-state index in [2.05, 4.69) is 73.7 Å². The number of pyridine rings is 1. The van der Waals surface area contributed by atoms with Gasteiger partial charge in [0, 0.05) is 63.2 Å². The van der Waals surface area contributed by atoms with E-state index in [1.165, 1.54) is 4.90 Å². The predicted molar refractivity (Wildman–Crippen MR) is 124 cm³/mol. The van der Waals surface area contributed by atoms with Gasteiger partial charge in [-0.3, -0.25) is 4.99 Å². The Morgan fingerprint density at radius 1 is 1.07 bits per heavy atom. The Bertz CT molecular complexity index is 742. The molecule has 0 saturated carbocycles. The summed E-state index contributed by atoms with van der Waals surface area (Å²) in [5, 5.41) is 6.73. The van der Waals surface area contributed by atoms with Crippen LogP contribution in [-0.2, 0) is 6.54 Å². The molecule has 0 amide bonds. The maximum absolute atomic E-state index is 4.67. The van der Waals surface area contributed by atoms with Gasteiger partial charge in [-0.2, -0.15) is 0 Å². The quantitative estimate of drug-likeness (QED) is 0.301. The van der Waals surface area contributed by atoms with Gasteiger partial charge >= 0.3 is 0 Å². The average molecular weight is 413 g/mol. The summed E-state index contributed by atoms with van der Waals surface area (Å²) < 4.78 is 0. The number of nitrogens with one attached hydrogen (secondary N) is 2. The molecule has 0 unspecified atom stereocenters. The van der Waals surface area contributed by atoms with Crippen LogP contribution in [0, 0.1) is 0 Å². The molecule has 1 aromatic carbocycles. The van der Waals surface area contributed by atoms with Crippen LogP contribution in [0.15, 0.2) is 58.5 Å². The molecule has 1 aromatic heterocycles. The van der Waals surface area contributed by atoms with E-state index in [0.717, 1.165) is 62.4 Å². The zero-order valence-corrected chi connectivity index (χ0v) is 18.3. The molecule has 1 aliphatic rings. The summed E-state index contributed by atoms with van der Waals surface area (Å²) in [7, 11) is 1.80. The summed E-state index contributed by atoms with van der Waals surface area (Å²) in [6.45, 7) is 9.26. The van der Waals surface area contributed by atoms with Crippen molar-refractivity contribution in [1.82, 2.24) is 20.5 Å². The number of likely N-dealkylation sites (N-methyl/N-ethyl adjacent to an activating group) is 1. The third kappa shape index (κ3) is 6.94. The number of hydrogen-bond acceptors (Lipinski definition) is 5. The van der Waals surface area contributed by atoms with Gasteiger partial charge < -0.3 is 20.4 Å². The number of anilines is 1. The third-order valence-electron chi connectivity index (χ3n) is 5.04. The van der Waals surface area contributed by atoms with E-state index < -0.39 is 0 Å². The van der Waals surface area contributed by atoms with Crippen LogP contribution in [0.5, 0.6) is 0 Å². The highest BCUT2D eigenvalue weighted by atomic mass is 32.2. The van der Waals surface area contributed by atoms with E-state index in [1.54, 1.807) is 7.05 Å². The number of aromatic nitrogens is 1. The number of nitrogens with zero attached hydrogens (tertiary/aromatic N) is 4. The number of thioether (sulfide) groups is 1. The first-order valence-corrected chi connectivity index (χ1v) is 11.3. The first-order chi connectivity index (χ1) is 14.3. The summed E-state index contributed by atoms with van der Waals surface area (Å²) >= 11 is 1.84. The van der Waals surface area contributed by atoms with Gasteiger partial charge in [0.2, 0.25) is 0 Å². The third-order valence-corrected chi connectivity index (χ3v) is 6.06.